The molecule has 7 nitrogen and oxygen atoms in total. The first-order valence-corrected chi connectivity index (χ1v) is 5.98. The smallest absolute Gasteiger partial charge is 0.258 e. The summed E-state index contributed by atoms with van der Waals surface area (Å²) in [5.41, 5.74) is 0.573. The van der Waals surface area contributed by atoms with E-state index in [2.05, 4.69) is 15.4 Å². The van der Waals surface area contributed by atoms with Crippen molar-refractivity contribution in [1.82, 2.24) is 25.1 Å². The quantitative estimate of drug-likeness (QED) is 0.772. The summed E-state index contributed by atoms with van der Waals surface area (Å²) >= 11 is 0. The minimum absolute atomic E-state index is 0.0689. The van der Waals surface area contributed by atoms with Crippen molar-refractivity contribution in [3.05, 3.63) is 35.7 Å². The van der Waals surface area contributed by atoms with Crippen LogP contribution in [0.4, 0.5) is 0 Å². The number of amides is 1. The van der Waals surface area contributed by atoms with Crippen LogP contribution in [0.2, 0.25) is 0 Å². The maximum absolute atomic E-state index is 12.4. The number of nitrogens with zero attached hydrogens (tertiary/aromatic N) is 5. The molecule has 0 saturated carbocycles. The molecule has 2 aromatic rings. The summed E-state index contributed by atoms with van der Waals surface area (Å²) < 4.78 is 5.57. The second kappa shape index (κ2) is 4.68. The van der Waals surface area contributed by atoms with Crippen molar-refractivity contribution in [3.63, 3.8) is 0 Å². The van der Waals surface area contributed by atoms with Gasteiger partial charge >= 0.3 is 0 Å². The lowest BCUT2D eigenvalue weighted by Gasteiger charge is -2.17. The number of tetrazole rings is 1. The fraction of sp³-hybridized carbons (Fsp3) is 0.333. The zero-order valence-corrected chi connectivity index (χ0v) is 10.5. The Kier molecular flexibility index (Phi) is 2.86. The molecule has 3 rings (SSSR count). The summed E-state index contributed by atoms with van der Waals surface area (Å²) in [4.78, 5) is 15.5. The van der Waals surface area contributed by atoms with E-state index in [0.29, 0.717) is 36.8 Å². The van der Waals surface area contributed by atoms with E-state index < -0.39 is 0 Å². The molecule has 19 heavy (non-hydrogen) atoms. The number of benzene rings is 1. The second-order valence-corrected chi connectivity index (χ2v) is 4.27. The van der Waals surface area contributed by atoms with Crippen LogP contribution < -0.4 is 4.74 Å². The highest BCUT2D eigenvalue weighted by Crippen LogP contribution is 2.22. The molecule has 0 spiro atoms. The van der Waals surface area contributed by atoms with Crippen LogP contribution in [0.1, 0.15) is 16.2 Å². The number of rotatable bonds is 2. The van der Waals surface area contributed by atoms with Crippen molar-refractivity contribution >= 4 is 5.91 Å². The van der Waals surface area contributed by atoms with Crippen molar-refractivity contribution in [2.24, 2.45) is 7.05 Å². The summed E-state index contributed by atoms with van der Waals surface area (Å²) in [7, 11) is 1.69. The summed E-state index contributed by atoms with van der Waals surface area (Å²) in [5, 5.41) is 11.7. The van der Waals surface area contributed by atoms with Crippen LogP contribution in [0.3, 0.4) is 0 Å². The molecule has 7 heteroatoms. The van der Waals surface area contributed by atoms with Crippen molar-refractivity contribution in [1.29, 1.82) is 0 Å². The normalized spacial score (nSPS) is 14.8. The molecule has 0 unspecified atom stereocenters. The Hall–Kier alpha value is -2.44. The molecule has 0 atom stereocenters. The molecule has 98 valence electrons. The summed E-state index contributed by atoms with van der Waals surface area (Å²) in [5.74, 6) is 1.08. The van der Waals surface area contributed by atoms with Crippen molar-refractivity contribution in [3.8, 4) is 5.75 Å². The van der Waals surface area contributed by atoms with Gasteiger partial charge in [0.25, 0.3) is 5.91 Å². The van der Waals surface area contributed by atoms with Gasteiger partial charge in [-0.05, 0) is 17.3 Å². The van der Waals surface area contributed by atoms with Crippen LogP contribution in [0, 0.1) is 0 Å². The molecule has 0 aliphatic carbocycles. The third kappa shape index (κ3) is 2.26. The fourth-order valence-corrected chi connectivity index (χ4v) is 2.02. The Morgan fingerprint density at radius 3 is 3.00 bits per heavy atom. The third-order valence-electron chi connectivity index (χ3n) is 2.91. The van der Waals surface area contributed by atoms with E-state index in [0.717, 1.165) is 0 Å². The maximum atomic E-state index is 12.4. The van der Waals surface area contributed by atoms with Crippen molar-refractivity contribution in [2.75, 3.05) is 13.2 Å². The van der Waals surface area contributed by atoms with Gasteiger partial charge in [0.15, 0.2) is 5.82 Å². The van der Waals surface area contributed by atoms with Crippen LogP contribution in [-0.2, 0) is 13.6 Å². The molecule has 1 aliphatic heterocycles. The zero-order valence-electron chi connectivity index (χ0n) is 10.5. The molecule has 1 amide bonds. The Bertz CT molecular complexity index is 610. The lowest BCUT2D eigenvalue weighted by atomic mass is 10.2. The molecular weight excluding hydrogens is 246 g/mol. The average Bonchev–Trinajstić information content (AvgIpc) is 2.75. The second-order valence-electron chi connectivity index (χ2n) is 4.27. The first kappa shape index (κ1) is 11.6. The van der Waals surface area contributed by atoms with Gasteiger partial charge < -0.3 is 9.64 Å². The highest BCUT2D eigenvalue weighted by Gasteiger charge is 2.24. The van der Waals surface area contributed by atoms with Crippen LogP contribution in [0.25, 0.3) is 0 Å². The number of aromatic nitrogens is 4. The number of carbonyl (C=O) groups excluding carboxylic acids is 1. The van der Waals surface area contributed by atoms with E-state index in [4.69, 9.17) is 4.74 Å². The summed E-state index contributed by atoms with van der Waals surface area (Å²) in [6, 6.07) is 7.24. The Labute approximate surface area is 109 Å². The Morgan fingerprint density at radius 2 is 2.21 bits per heavy atom. The van der Waals surface area contributed by atoms with Crippen molar-refractivity contribution < 1.29 is 9.53 Å². The topological polar surface area (TPSA) is 73.1 Å². The molecule has 0 bridgehead atoms. The van der Waals surface area contributed by atoms with Crippen LogP contribution in [0.5, 0.6) is 5.75 Å². The minimum atomic E-state index is -0.0689. The van der Waals surface area contributed by atoms with E-state index in [1.165, 1.54) is 4.80 Å². The van der Waals surface area contributed by atoms with Gasteiger partial charge in [-0.3, -0.25) is 4.79 Å². The van der Waals surface area contributed by atoms with E-state index >= 15 is 0 Å². The van der Waals surface area contributed by atoms with Crippen molar-refractivity contribution in [2.45, 2.75) is 6.54 Å². The SMILES string of the molecule is Cn1nnc(CN2CCOc3ccccc3C2=O)n1. The third-order valence-corrected chi connectivity index (χ3v) is 2.91. The number of hydrogen-bond donors (Lipinski definition) is 0. The standard InChI is InChI=1S/C12H13N5O2/c1-16-14-11(13-15-16)8-17-6-7-19-10-5-3-2-4-9(10)12(17)18/h2-5H,6-8H2,1H3. The maximum Gasteiger partial charge on any atom is 0.258 e. The van der Waals surface area contributed by atoms with E-state index in [9.17, 15) is 4.79 Å². The molecular formula is C12H13N5O2. The molecule has 0 N–H and O–H groups in total. The van der Waals surface area contributed by atoms with Gasteiger partial charge in [-0.2, -0.15) is 4.80 Å². The molecule has 2 heterocycles. The number of carbonyl (C=O) groups is 1. The Morgan fingerprint density at radius 1 is 1.37 bits per heavy atom. The largest absolute Gasteiger partial charge is 0.491 e. The predicted molar refractivity (Wildman–Crippen MR) is 65.5 cm³/mol. The minimum Gasteiger partial charge on any atom is -0.491 e. The van der Waals surface area contributed by atoms with Gasteiger partial charge in [-0.25, -0.2) is 0 Å². The van der Waals surface area contributed by atoms with Crippen LogP contribution in [-0.4, -0.2) is 44.2 Å². The lowest BCUT2D eigenvalue weighted by Crippen LogP contribution is -2.32. The molecule has 0 radical (unpaired) electrons. The summed E-state index contributed by atoms with van der Waals surface area (Å²) in [6.07, 6.45) is 0. The van der Waals surface area contributed by atoms with Gasteiger partial charge in [0, 0.05) is 0 Å². The highest BCUT2D eigenvalue weighted by molar-refractivity contribution is 5.97. The van der Waals surface area contributed by atoms with Gasteiger partial charge in [-0.15, -0.1) is 10.2 Å². The molecule has 1 aromatic heterocycles. The highest BCUT2D eigenvalue weighted by atomic mass is 16.5. The fourth-order valence-electron chi connectivity index (χ4n) is 2.02. The van der Waals surface area contributed by atoms with Gasteiger partial charge in [0.05, 0.1) is 25.7 Å². The molecule has 0 fully saturated rings. The number of para-hydroxylation sites is 1. The predicted octanol–water partition coefficient (Wildman–Crippen LogP) is 0.245. The molecule has 0 saturated heterocycles. The molecule has 1 aromatic carbocycles. The lowest BCUT2D eigenvalue weighted by molar-refractivity contribution is 0.0738. The number of fused-ring (bicyclic) bond motifs is 1. The summed E-state index contributed by atoms with van der Waals surface area (Å²) in [6.45, 7) is 1.30. The number of aryl methyl sites for hydroxylation is 1. The monoisotopic (exact) mass is 259 g/mol. The van der Waals surface area contributed by atoms with E-state index in [1.807, 2.05) is 12.1 Å². The average molecular weight is 259 g/mol. The van der Waals surface area contributed by atoms with E-state index in [1.54, 1.807) is 24.1 Å². The Balaban J connectivity index is 1.85. The van der Waals surface area contributed by atoms with Crippen LogP contribution >= 0.6 is 0 Å². The number of ether oxygens (including phenoxy) is 1. The van der Waals surface area contributed by atoms with Crippen LogP contribution in [0.15, 0.2) is 24.3 Å². The van der Waals surface area contributed by atoms with Gasteiger partial charge in [0.1, 0.15) is 12.4 Å². The van der Waals surface area contributed by atoms with Gasteiger partial charge in [-0.1, -0.05) is 12.1 Å². The first-order valence-electron chi connectivity index (χ1n) is 5.98. The van der Waals surface area contributed by atoms with Gasteiger partial charge in [0.2, 0.25) is 0 Å². The van der Waals surface area contributed by atoms with E-state index in [-0.39, 0.29) is 5.91 Å². The zero-order chi connectivity index (χ0) is 13.2. The molecule has 1 aliphatic rings. The number of hydrogen-bond acceptors (Lipinski definition) is 5. The first-order chi connectivity index (χ1) is 9.24.